The number of anilines is 2. The normalized spacial score (nSPS) is 14.5. The molecule has 51 heavy (non-hydrogen) atoms. The molecular formula is C34H34ClN7O9. The summed E-state index contributed by atoms with van der Waals surface area (Å²) in [6.45, 7) is 5.56. The highest BCUT2D eigenvalue weighted by molar-refractivity contribution is 6.30. The molecule has 3 N–H and O–H groups in total. The number of carbonyl (C=O) groups excluding carboxylic acids is 2. The van der Waals surface area contributed by atoms with Gasteiger partial charge in [-0.2, -0.15) is 0 Å². The van der Waals surface area contributed by atoms with Crippen LogP contribution >= 0.6 is 11.6 Å². The number of rotatable bonds is 6. The molecule has 2 saturated heterocycles. The lowest BCUT2D eigenvalue weighted by atomic mass is 10.2. The van der Waals surface area contributed by atoms with Crippen LogP contribution in [0.25, 0.3) is 11.3 Å². The van der Waals surface area contributed by atoms with Crippen LogP contribution in [-0.2, 0) is 20.8 Å². The number of carbonyl (C=O) groups is 2. The van der Waals surface area contributed by atoms with E-state index in [1.165, 1.54) is 8.80 Å². The second-order valence-electron chi connectivity index (χ2n) is 11.5. The van der Waals surface area contributed by atoms with Gasteiger partial charge in [0.2, 0.25) is 11.5 Å². The number of fused-ring (bicyclic) bond motifs is 2. The van der Waals surface area contributed by atoms with Crippen LogP contribution in [0.1, 0.15) is 26.5 Å². The third kappa shape index (κ3) is 7.72. The molecule has 0 saturated carbocycles. The molecule has 0 bridgehead atoms. The largest absolute Gasteiger partial charge is 0.501 e. The van der Waals surface area contributed by atoms with Crippen molar-refractivity contribution in [3.63, 3.8) is 0 Å². The Labute approximate surface area is 295 Å². The maximum atomic E-state index is 12.6. The molecule has 0 spiro atoms. The molecule has 0 aliphatic carbocycles. The zero-order valence-electron chi connectivity index (χ0n) is 27.5. The number of aromatic nitrogens is 4. The first-order valence-corrected chi connectivity index (χ1v) is 16.3. The highest BCUT2D eigenvalue weighted by atomic mass is 35.5. The number of hydrogen-bond donors (Lipinski definition) is 3. The second-order valence-corrected chi connectivity index (χ2v) is 11.9. The number of benzene rings is 1. The van der Waals surface area contributed by atoms with Crippen LogP contribution in [0.3, 0.4) is 0 Å². The van der Waals surface area contributed by atoms with Crippen LogP contribution in [0.15, 0.2) is 70.5 Å². The van der Waals surface area contributed by atoms with E-state index in [-0.39, 0.29) is 29.2 Å². The summed E-state index contributed by atoms with van der Waals surface area (Å²) in [5.41, 5.74) is 0.933. The van der Waals surface area contributed by atoms with Gasteiger partial charge in [0.25, 0.3) is 5.91 Å². The van der Waals surface area contributed by atoms with Crippen molar-refractivity contribution >= 4 is 46.1 Å². The lowest BCUT2D eigenvalue weighted by molar-refractivity contribution is 0.0590. The Morgan fingerprint density at radius 3 is 1.73 bits per heavy atom. The summed E-state index contributed by atoms with van der Waals surface area (Å²) in [4.78, 5) is 61.2. The van der Waals surface area contributed by atoms with Gasteiger partial charge in [0, 0.05) is 50.1 Å². The van der Waals surface area contributed by atoms with Crippen LogP contribution in [-0.4, -0.2) is 101 Å². The summed E-state index contributed by atoms with van der Waals surface area (Å²) >= 11 is 5.85. The fourth-order valence-corrected chi connectivity index (χ4v) is 5.65. The minimum atomic E-state index is -0.852. The lowest BCUT2D eigenvalue weighted by Crippen LogP contribution is -2.36. The molecule has 0 atom stereocenters. The summed E-state index contributed by atoms with van der Waals surface area (Å²) in [6, 6.07) is 13.9. The van der Waals surface area contributed by atoms with E-state index < -0.39 is 34.5 Å². The average molecular weight is 720 g/mol. The fourth-order valence-electron chi connectivity index (χ4n) is 5.52. The van der Waals surface area contributed by atoms with Gasteiger partial charge in [-0.3, -0.25) is 23.2 Å². The summed E-state index contributed by atoms with van der Waals surface area (Å²) in [7, 11) is 1.16. The lowest BCUT2D eigenvalue weighted by Gasteiger charge is -2.28. The van der Waals surface area contributed by atoms with Gasteiger partial charge in [-0.15, -0.1) is 0 Å². The van der Waals surface area contributed by atoms with Gasteiger partial charge in [-0.1, -0.05) is 23.7 Å². The third-order valence-corrected chi connectivity index (χ3v) is 8.53. The molecule has 1 amide bonds. The third-order valence-electron chi connectivity index (χ3n) is 8.28. The molecule has 2 aliphatic rings. The van der Waals surface area contributed by atoms with Crippen molar-refractivity contribution < 1.29 is 34.0 Å². The Morgan fingerprint density at radius 1 is 0.765 bits per heavy atom. The number of hydrogen-bond acceptors (Lipinski definition) is 13. The molecule has 266 valence electrons. The molecule has 7 rings (SSSR count). The Balaban J connectivity index is 0.000000183. The van der Waals surface area contributed by atoms with Crippen molar-refractivity contribution in [2.45, 2.75) is 6.54 Å². The minimum Gasteiger partial charge on any atom is -0.501 e. The predicted molar refractivity (Wildman–Crippen MR) is 186 cm³/mol. The van der Waals surface area contributed by atoms with E-state index in [1.54, 1.807) is 48.8 Å². The molecule has 5 aromatic rings. The fraction of sp³-hybridized carbons (Fsp3) is 0.294. The standard InChI is InChI=1S/C20H19ClN4O4.C14H15N3O5/c21-14-3-1-13(2-4-14)11-22-19(27)17-18(26)20(28)25-12-15(5-6-16(25)23-17)24-7-9-29-10-8-24;1-21-14(20)11-12(18)13(19)17-8-9(2-3-10(17)15-11)16-4-6-22-7-5-16/h1-6,12,26H,7-11H2,(H,22,27);2-3,8,18H,4-7H2,1H3. The first kappa shape index (κ1) is 35.1. The summed E-state index contributed by atoms with van der Waals surface area (Å²) in [5.74, 6) is -2.89. The van der Waals surface area contributed by atoms with Gasteiger partial charge in [0.05, 0.1) is 44.9 Å². The first-order valence-electron chi connectivity index (χ1n) is 15.9. The van der Waals surface area contributed by atoms with Crippen LogP contribution in [0, 0.1) is 0 Å². The highest BCUT2D eigenvalue weighted by Gasteiger charge is 2.21. The molecule has 0 unspecified atom stereocenters. The van der Waals surface area contributed by atoms with Crippen molar-refractivity contribution in [1.82, 2.24) is 24.1 Å². The number of amides is 1. The summed E-state index contributed by atoms with van der Waals surface area (Å²) in [5, 5.41) is 23.4. The maximum absolute atomic E-state index is 12.6. The number of morpholine rings is 2. The van der Waals surface area contributed by atoms with Crippen LogP contribution in [0.5, 0.6) is 11.5 Å². The van der Waals surface area contributed by atoms with Crippen molar-refractivity contribution in [3.8, 4) is 11.5 Å². The maximum Gasteiger partial charge on any atom is 0.360 e. The number of methoxy groups -OCH3 is 1. The van der Waals surface area contributed by atoms with Gasteiger partial charge in [-0.05, 0) is 42.0 Å². The zero-order valence-corrected chi connectivity index (χ0v) is 28.2. The van der Waals surface area contributed by atoms with Crippen molar-refractivity contribution in [1.29, 1.82) is 0 Å². The number of ether oxygens (including phenoxy) is 3. The monoisotopic (exact) mass is 719 g/mol. The van der Waals surface area contributed by atoms with Crippen molar-refractivity contribution in [3.05, 3.63) is 104 Å². The number of nitrogens with one attached hydrogen (secondary N) is 1. The minimum absolute atomic E-state index is 0.215. The van der Waals surface area contributed by atoms with Gasteiger partial charge >= 0.3 is 17.1 Å². The SMILES string of the molecule is COC(=O)c1nc2ccc(N3CCOCC3)cn2c(=O)c1O.O=C(NCc1ccc(Cl)cc1)c1nc2ccc(N3CCOCC3)cn2c(=O)c1O. The van der Waals surface area contributed by atoms with E-state index >= 15 is 0 Å². The van der Waals surface area contributed by atoms with Crippen molar-refractivity contribution in [2.75, 3.05) is 69.5 Å². The van der Waals surface area contributed by atoms with Gasteiger partial charge < -0.3 is 39.5 Å². The average Bonchev–Trinajstić information content (AvgIpc) is 3.17. The smallest absolute Gasteiger partial charge is 0.360 e. The molecule has 6 heterocycles. The van der Waals surface area contributed by atoms with E-state index in [9.17, 15) is 29.4 Å². The molecule has 1 aromatic carbocycles. The molecular weight excluding hydrogens is 686 g/mol. The Kier molecular flexibility index (Phi) is 10.6. The molecule has 2 fully saturated rings. The quantitative estimate of drug-likeness (QED) is 0.216. The topological polar surface area (TPSA) is 190 Å². The second kappa shape index (κ2) is 15.5. The Bertz CT molecular complexity index is 2200. The van der Waals surface area contributed by atoms with Crippen LogP contribution in [0.4, 0.5) is 11.4 Å². The number of pyridine rings is 2. The molecule has 17 heteroatoms. The first-order chi connectivity index (χ1) is 24.6. The zero-order chi connectivity index (χ0) is 36.1. The number of halogens is 1. The summed E-state index contributed by atoms with van der Waals surface area (Å²) < 4.78 is 17.6. The van der Waals surface area contributed by atoms with Gasteiger partial charge in [-0.25, -0.2) is 14.8 Å². The molecule has 16 nitrogen and oxygen atoms in total. The van der Waals surface area contributed by atoms with E-state index in [2.05, 4.69) is 29.8 Å². The Morgan fingerprint density at radius 2 is 1.24 bits per heavy atom. The number of aromatic hydroxyl groups is 2. The van der Waals surface area contributed by atoms with E-state index in [1.807, 2.05) is 12.1 Å². The van der Waals surface area contributed by atoms with E-state index in [0.717, 1.165) is 37.1 Å². The molecule has 4 aromatic heterocycles. The van der Waals surface area contributed by atoms with E-state index in [4.69, 9.17) is 21.1 Å². The van der Waals surface area contributed by atoms with Crippen LogP contribution in [0.2, 0.25) is 5.02 Å². The Hall–Kier alpha value is -5.71. The summed E-state index contributed by atoms with van der Waals surface area (Å²) in [6.07, 6.45) is 3.21. The molecule has 2 aliphatic heterocycles. The molecule has 0 radical (unpaired) electrons. The van der Waals surface area contributed by atoms with E-state index in [0.29, 0.717) is 44.5 Å². The number of nitrogens with zero attached hydrogens (tertiary/aromatic N) is 6. The predicted octanol–water partition coefficient (Wildman–Crippen LogP) is 1.84. The van der Waals surface area contributed by atoms with Crippen LogP contribution < -0.4 is 26.2 Å². The number of esters is 1. The van der Waals surface area contributed by atoms with Gasteiger partial charge in [0.15, 0.2) is 11.4 Å². The highest BCUT2D eigenvalue weighted by Crippen LogP contribution is 2.20. The van der Waals surface area contributed by atoms with Crippen molar-refractivity contribution in [2.24, 2.45) is 0 Å². The van der Waals surface area contributed by atoms with Gasteiger partial charge in [0.1, 0.15) is 11.3 Å².